The van der Waals surface area contributed by atoms with E-state index in [1.165, 1.54) is 12.8 Å². The molecule has 2 aromatic carbocycles. The second kappa shape index (κ2) is 7.47. The van der Waals surface area contributed by atoms with Gasteiger partial charge in [0.1, 0.15) is 5.75 Å². The molecule has 1 aliphatic rings. The number of nitrogens with two attached hydrogens (primary N) is 1. The Balaban J connectivity index is 1.85. The van der Waals surface area contributed by atoms with Crippen molar-refractivity contribution in [1.29, 1.82) is 0 Å². The average Bonchev–Trinajstić information content (AvgIpc) is 2.63. The van der Waals surface area contributed by atoms with Gasteiger partial charge in [-0.3, -0.25) is 4.79 Å². The van der Waals surface area contributed by atoms with Crippen molar-refractivity contribution >= 4 is 23.0 Å². The number of piperidine rings is 1. The van der Waals surface area contributed by atoms with Crippen molar-refractivity contribution in [2.75, 3.05) is 29.6 Å². The summed E-state index contributed by atoms with van der Waals surface area (Å²) in [5, 5.41) is 3.02. The highest BCUT2D eigenvalue weighted by atomic mass is 16.5. The number of nitrogen functional groups attached to an aromatic ring is 1. The number of amides is 1. The van der Waals surface area contributed by atoms with Crippen LogP contribution >= 0.6 is 0 Å². The van der Waals surface area contributed by atoms with Gasteiger partial charge in [0, 0.05) is 23.8 Å². The van der Waals surface area contributed by atoms with Crippen molar-refractivity contribution in [3.05, 3.63) is 48.0 Å². The lowest BCUT2D eigenvalue weighted by Crippen LogP contribution is -2.38. The molecule has 0 saturated carbocycles. The van der Waals surface area contributed by atoms with Gasteiger partial charge in [0.15, 0.2) is 0 Å². The van der Waals surface area contributed by atoms with Crippen LogP contribution in [0.15, 0.2) is 42.5 Å². The predicted molar refractivity (Wildman–Crippen MR) is 102 cm³/mol. The molecule has 0 bridgehead atoms. The fraction of sp³-hybridized carbons (Fsp3) is 0.350. The maximum Gasteiger partial charge on any atom is 0.255 e. The molecular weight excluding hydrogens is 314 g/mol. The summed E-state index contributed by atoms with van der Waals surface area (Å²) in [5.41, 5.74) is 8.97. The first-order valence-electron chi connectivity index (χ1n) is 8.70. The number of benzene rings is 2. The summed E-state index contributed by atoms with van der Waals surface area (Å²) in [4.78, 5) is 15.0. The largest absolute Gasteiger partial charge is 0.497 e. The van der Waals surface area contributed by atoms with E-state index in [-0.39, 0.29) is 5.91 Å². The third kappa shape index (κ3) is 3.87. The Hall–Kier alpha value is -2.69. The highest BCUT2D eigenvalue weighted by Crippen LogP contribution is 2.33. The molecule has 1 unspecified atom stereocenters. The summed E-state index contributed by atoms with van der Waals surface area (Å²) in [6.07, 6.45) is 3.58. The normalized spacial score (nSPS) is 17.2. The number of hydrogen-bond acceptors (Lipinski definition) is 4. The van der Waals surface area contributed by atoms with Crippen molar-refractivity contribution in [2.24, 2.45) is 0 Å². The van der Waals surface area contributed by atoms with Crippen LogP contribution in [-0.2, 0) is 0 Å². The highest BCUT2D eigenvalue weighted by molar-refractivity contribution is 6.06. The van der Waals surface area contributed by atoms with Gasteiger partial charge in [-0.1, -0.05) is 0 Å². The second-order valence-electron chi connectivity index (χ2n) is 6.50. The molecule has 1 amide bonds. The lowest BCUT2D eigenvalue weighted by atomic mass is 10.0. The van der Waals surface area contributed by atoms with Gasteiger partial charge in [-0.25, -0.2) is 0 Å². The molecule has 0 aliphatic carbocycles. The number of hydrogen-bond donors (Lipinski definition) is 2. The molecule has 132 valence electrons. The molecule has 0 aromatic heterocycles. The summed E-state index contributed by atoms with van der Waals surface area (Å²) in [7, 11) is 1.61. The minimum atomic E-state index is -0.154. The van der Waals surface area contributed by atoms with Crippen molar-refractivity contribution in [3.63, 3.8) is 0 Å². The molecule has 3 N–H and O–H groups in total. The molecule has 2 aromatic rings. The Bertz CT molecular complexity index is 743. The standard InChI is InChI=1S/C20H25N3O2/c1-14-5-3-4-12-23(14)19-11-8-16(21)13-18(19)22-20(24)15-6-9-17(25-2)10-7-15/h6-11,13-14H,3-5,12,21H2,1-2H3,(H,22,24). The number of nitrogens with one attached hydrogen (secondary N) is 1. The number of carbonyl (C=O) groups is 1. The number of rotatable bonds is 4. The molecule has 5 heteroatoms. The van der Waals surface area contributed by atoms with E-state index in [0.717, 1.165) is 30.1 Å². The fourth-order valence-corrected chi connectivity index (χ4v) is 3.30. The average molecular weight is 339 g/mol. The van der Waals surface area contributed by atoms with Gasteiger partial charge in [-0.2, -0.15) is 0 Å². The molecule has 25 heavy (non-hydrogen) atoms. The van der Waals surface area contributed by atoms with E-state index in [4.69, 9.17) is 10.5 Å². The minimum absolute atomic E-state index is 0.154. The van der Waals surface area contributed by atoms with Crippen molar-refractivity contribution < 1.29 is 9.53 Å². The summed E-state index contributed by atoms with van der Waals surface area (Å²) in [5.74, 6) is 0.572. The van der Waals surface area contributed by atoms with Crippen LogP contribution in [0.1, 0.15) is 36.5 Å². The van der Waals surface area contributed by atoms with E-state index in [9.17, 15) is 4.79 Å². The summed E-state index contributed by atoms with van der Waals surface area (Å²) in [6.45, 7) is 3.22. The van der Waals surface area contributed by atoms with Crippen LogP contribution in [0.2, 0.25) is 0 Å². The van der Waals surface area contributed by atoms with Crippen LogP contribution < -0.4 is 20.7 Å². The van der Waals surface area contributed by atoms with Crippen LogP contribution in [0.4, 0.5) is 17.1 Å². The van der Waals surface area contributed by atoms with E-state index in [2.05, 4.69) is 17.1 Å². The summed E-state index contributed by atoms with van der Waals surface area (Å²) >= 11 is 0. The smallest absolute Gasteiger partial charge is 0.255 e. The first-order chi connectivity index (χ1) is 12.1. The number of methoxy groups -OCH3 is 1. The van der Waals surface area contributed by atoms with Gasteiger partial charge in [0.05, 0.1) is 18.5 Å². The number of anilines is 3. The maximum atomic E-state index is 12.6. The first kappa shape index (κ1) is 17.1. The molecule has 1 heterocycles. The summed E-state index contributed by atoms with van der Waals surface area (Å²) < 4.78 is 5.14. The molecule has 3 rings (SSSR count). The van der Waals surface area contributed by atoms with E-state index in [1.54, 1.807) is 31.4 Å². The summed E-state index contributed by atoms with van der Waals surface area (Å²) in [6, 6.07) is 13.2. The Morgan fingerprint density at radius 1 is 1.20 bits per heavy atom. The Kier molecular flexibility index (Phi) is 5.12. The van der Waals surface area contributed by atoms with Crippen molar-refractivity contribution in [2.45, 2.75) is 32.2 Å². The molecular formula is C20H25N3O2. The zero-order valence-corrected chi connectivity index (χ0v) is 14.8. The fourth-order valence-electron chi connectivity index (χ4n) is 3.30. The number of carbonyl (C=O) groups excluding carboxylic acids is 1. The van der Waals surface area contributed by atoms with Crippen LogP contribution in [0.3, 0.4) is 0 Å². The topological polar surface area (TPSA) is 67.6 Å². The minimum Gasteiger partial charge on any atom is -0.497 e. The van der Waals surface area contributed by atoms with Crippen LogP contribution in [0.5, 0.6) is 5.75 Å². The van der Waals surface area contributed by atoms with E-state index in [1.807, 2.05) is 18.2 Å². The van der Waals surface area contributed by atoms with Crippen LogP contribution in [0, 0.1) is 0 Å². The van der Waals surface area contributed by atoms with Crippen LogP contribution in [0.25, 0.3) is 0 Å². The Labute approximate surface area is 148 Å². The zero-order chi connectivity index (χ0) is 17.8. The third-order valence-electron chi connectivity index (χ3n) is 4.73. The van der Waals surface area contributed by atoms with Crippen molar-refractivity contribution in [1.82, 2.24) is 0 Å². The maximum absolute atomic E-state index is 12.6. The van der Waals surface area contributed by atoms with Gasteiger partial charge in [-0.05, 0) is 68.7 Å². The SMILES string of the molecule is COc1ccc(C(=O)Nc2cc(N)ccc2N2CCCCC2C)cc1. The number of nitrogens with zero attached hydrogens (tertiary/aromatic N) is 1. The molecule has 5 nitrogen and oxygen atoms in total. The third-order valence-corrected chi connectivity index (χ3v) is 4.73. The molecule has 0 radical (unpaired) electrons. The Morgan fingerprint density at radius 2 is 1.96 bits per heavy atom. The molecule has 1 saturated heterocycles. The second-order valence-corrected chi connectivity index (χ2v) is 6.50. The lowest BCUT2D eigenvalue weighted by molar-refractivity contribution is 0.102. The predicted octanol–water partition coefficient (Wildman–Crippen LogP) is 3.91. The quantitative estimate of drug-likeness (QED) is 0.829. The molecule has 1 aliphatic heterocycles. The molecule has 0 spiro atoms. The zero-order valence-electron chi connectivity index (χ0n) is 14.8. The van der Waals surface area contributed by atoms with Crippen molar-refractivity contribution in [3.8, 4) is 5.75 Å². The van der Waals surface area contributed by atoms with E-state index >= 15 is 0 Å². The monoisotopic (exact) mass is 339 g/mol. The number of ether oxygens (including phenoxy) is 1. The molecule has 1 fully saturated rings. The van der Waals surface area contributed by atoms with Gasteiger partial charge in [-0.15, -0.1) is 0 Å². The highest BCUT2D eigenvalue weighted by Gasteiger charge is 2.22. The van der Waals surface area contributed by atoms with Gasteiger partial charge < -0.3 is 20.7 Å². The van der Waals surface area contributed by atoms with E-state index in [0.29, 0.717) is 17.3 Å². The Morgan fingerprint density at radius 3 is 2.64 bits per heavy atom. The molecule has 1 atom stereocenters. The lowest BCUT2D eigenvalue weighted by Gasteiger charge is -2.36. The van der Waals surface area contributed by atoms with E-state index < -0.39 is 0 Å². The van der Waals surface area contributed by atoms with Gasteiger partial charge in [0.2, 0.25) is 0 Å². The van der Waals surface area contributed by atoms with Crippen LogP contribution in [-0.4, -0.2) is 25.6 Å². The van der Waals surface area contributed by atoms with Gasteiger partial charge >= 0.3 is 0 Å². The first-order valence-corrected chi connectivity index (χ1v) is 8.70. The van der Waals surface area contributed by atoms with Gasteiger partial charge in [0.25, 0.3) is 5.91 Å².